The first-order valence-electron chi connectivity index (χ1n) is 5.01. The highest BCUT2D eigenvalue weighted by Gasteiger charge is 2.39. The van der Waals surface area contributed by atoms with E-state index in [2.05, 4.69) is 5.92 Å². The average molecular weight is 163 g/mol. The maximum atomic E-state index is 5.75. The maximum absolute atomic E-state index is 5.75. The van der Waals surface area contributed by atoms with E-state index in [1.807, 2.05) is 0 Å². The fourth-order valence-corrected chi connectivity index (χ4v) is 3.06. The lowest BCUT2D eigenvalue weighted by Crippen LogP contribution is -2.24. The summed E-state index contributed by atoms with van der Waals surface area (Å²) in [5, 5.41) is 0. The molecule has 0 spiro atoms. The van der Waals surface area contributed by atoms with Gasteiger partial charge in [-0.05, 0) is 43.4 Å². The van der Waals surface area contributed by atoms with E-state index in [1.54, 1.807) is 0 Å². The first-order valence-corrected chi connectivity index (χ1v) is 5.01. The molecule has 4 unspecified atom stereocenters. The smallest absolute Gasteiger partial charge is 0.0664 e. The van der Waals surface area contributed by atoms with Gasteiger partial charge in [0.2, 0.25) is 0 Å². The molecule has 4 atom stereocenters. The van der Waals surface area contributed by atoms with Crippen molar-refractivity contribution >= 4 is 0 Å². The van der Waals surface area contributed by atoms with Crippen LogP contribution in [0.1, 0.15) is 32.1 Å². The predicted molar refractivity (Wildman–Crippen MR) is 50.4 cm³/mol. The predicted octanol–water partition coefficient (Wildman–Crippen LogP) is 1.77. The van der Waals surface area contributed by atoms with Crippen molar-refractivity contribution in [1.82, 2.24) is 0 Å². The lowest BCUT2D eigenvalue weighted by atomic mass is 9.84. The summed E-state index contributed by atoms with van der Waals surface area (Å²) in [6.07, 6.45) is 12.1. The van der Waals surface area contributed by atoms with Crippen LogP contribution in [0.15, 0.2) is 0 Å². The monoisotopic (exact) mass is 163 g/mol. The third kappa shape index (κ3) is 1.36. The number of hydrogen-bond donors (Lipinski definition) is 1. The minimum absolute atomic E-state index is 0.00866. The molecule has 2 N–H and O–H groups in total. The molecule has 0 aromatic rings. The van der Waals surface area contributed by atoms with Gasteiger partial charge in [0.1, 0.15) is 0 Å². The first-order chi connectivity index (χ1) is 5.79. The molecule has 0 aliphatic heterocycles. The summed E-state index contributed by atoms with van der Waals surface area (Å²) < 4.78 is 0. The molecule has 0 aromatic heterocycles. The number of nitrogens with two attached hydrogens (primary N) is 1. The van der Waals surface area contributed by atoms with Gasteiger partial charge in [0, 0.05) is 0 Å². The Bertz CT molecular complexity index is 204. The van der Waals surface area contributed by atoms with Crippen LogP contribution >= 0.6 is 0 Å². The van der Waals surface area contributed by atoms with Gasteiger partial charge in [-0.25, -0.2) is 0 Å². The molecule has 66 valence electrons. The molecule has 1 heteroatoms. The van der Waals surface area contributed by atoms with E-state index in [4.69, 9.17) is 12.2 Å². The Balaban J connectivity index is 1.87. The van der Waals surface area contributed by atoms with Crippen LogP contribution in [0.25, 0.3) is 0 Å². The van der Waals surface area contributed by atoms with E-state index in [-0.39, 0.29) is 6.04 Å². The fraction of sp³-hybridized carbons (Fsp3) is 0.818. The van der Waals surface area contributed by atoms with Crippen molar-refractivity contribution < 1.29 is 0 Å². The molecule has 2 bridgehead atoms. The highest BCUT2D eigenvalue weighted by Crippen LogP contribution is 2.49. The van der Waals surface area contributed by atoms with Crippen LogP contribution in [0.3, 0.4) is 0 Å². The molecule has 2 aliphatic rings. The van der Waals surface area contributed by atoms with E-state index in [1.165, 1.54) is 25.7 Å². The molecule has 2 saturated carbocycles. The molecule has 0 heterocycles. The van der Waals surface area contributed by atoms with Crippen LogP contribution in [0.2, 0.25) is 0 Å². The molecule has 12 heavy (non-hydrogen) atoms. The lowest BCUT2D eigenvalue weighted by Gasteiger charge is -2.22. The molecular formula is C11H17N. The van der Waals surface area contributed by atoms with Gasteiger partial charge in [0.15, 0.2) is 0 Å². The maximum Gasteiger partial charge on any atom is 0.0664 e. The topological polar surface area (TPSA) is 26.0 Å². The SMILES string of the molecule is C#CC(N)CC1CC2CCC1C2. The van der Waals surface area contributed by atoms with Crippen LogP contribution in [0.5, 0.6) is 0 Å². The molecule has 0 amide bonds. The zero-order valence-corrected chi connectivity index (χ0v) is 7.50. The van der Waals surface area contributed by atoms with Crippen LogP contribution in [0.4, 0.5) is 0 Å². The van der Waals surface area contributed by atoms with E-state index in [0.29, 0.717) is 0 Å². The summed E-state index contributed by atoms with van der Waals surface area (Å²) in [6.45, 7) is 0. The minimum atomic E-state index is 0.00866. The summed E-state index contributed by atoms with van der Waals surface area (Å²) in [4.78, 5) is 0. The normalized spacial score (nSPS) is 41.2. The van der Waals surface area contributed by atoms with Crippen LogP contribution in [-0.2, 0) is 0 Å². The van der Waals surface area contributed by atoms with Gasteiger partial charge in [0.05, 0.1) is 6.04 Å². The van der Waals surface area contributed by atoms with Crippen molar-refractivity contribution in [2.45, 2.75) is 38.1 Å². The average Bonchev–Trinajstić information content (AvgIpc) is 2.64. The van der Waals surface area contributed by atoms with Gasteiger partial charge in [-0.2, -0.15) is 0 Å². The van der Waals surface area contributed by atoms with Gasteiger partial charge in [-0.15, -0.1) is 6.42 Å². The summed E-state index contributed by atoms with van der Waals surface area (Å²) in [6, 6.07) is 0.00866. The summed E-state index contributed by atoms with van der Waals surface area (Å²) in [5.74, 6) is 5.47. The van der Waals surface area contributed by atoms with E-state index in [9.17, 15) is 0 Å². The zero-order chi connectivity index (χ0) is 8.55. The van der Waals surface area contributed by atoms with Crippen LogP contribution in [0, 0.1) is 30.1 Å². The fourth-order valence-electron chi connectivity index (χ4n) is 3.06. The summed E-state index contributed by atoms with van der Waals surface area (Å²) >= 11 is 0. The Morgan fingerprint density at radius 1 is 1.42 bits per heavy atom. The van der Waals surface area contributed by atoms with E-state index >= 15 is 0 Å². The third-order valence-electron chi connectivity index (χ3n) is 3.66. The van der Waals surface area contributed by atoms with Crippen LogP contribution < -0.4 is 5.73 Å². The van der Waals surface area contributed by atoms with Gasteiger partial charge in [-0.3, -0.25) is 0 Å². The summed E-state index contributed by atoms with van der Waals surface area (Å²) in [5.41, 5.74) is 5.75. The van der Waals surface area contributed by atoms with Gasteiger partial charge in [-0.1, -0.05) is 12.3 Å². The second-order valence-corrected chi connectivity index (χ2v) is 4.44. The highest BCUT2D eigenvalue weighted by molar-refractivity contribution is 5.00. The first kappa shape index (κ1) is 8.13. The standard InChI is InChI=1S/C11H17N/c1-2-11(12)7-10-6-8-3-4-9(10)5-8/h1,8-11H,3-7,12H2. The molecular weight excluding hydrogens is 146 g/mol. The molecule has 2 fully saturated rings. The third-order valence-corrected chi connectivity index (χ3v) is 3.66. The number of hydrogen-bond acceptors (Lipinski definition) is 1. The number of rotatable bonds is 2. The largest absolute Gasteiger partial charge is 0.318 e. The Hall–Kier alpha value is -0.480. The van der Waals surface area contributed by atoms with Crippen molar-refractivity contribution in [2.24, 2.45) is 23.5 Å². The van der Waals surface area contributed by atoms with Crippen LogP contribution in [-0.4, -0.2) is 6.04 Å². The van der Waals surface area contributed by atoms with Gasteiger partial charge in [0.25, 0.3) is 0 Å². The second kappa shape index (κ2) is 3.11. The van der Waals surface area contributed by atoms with Gasteiger partial charge >= 0.3 is 0 Å². The van der Waals surface area contributed by atoms with Crippen molar-refractivity contribution in [2.75, 3.05) is 0 Å². The lowest BCUT2D eigenvalue weighted by molar-refractivity contribution is 0.308. The van der Waals surface area contributed by atoms with E-state index < -0.39 is 0 Å². The Morgan fingerprint density at radius 2 is 2.25 bits per heavy atom. The molecule has 0 radical (unpaired) electrons. The second-order valence-electron chi connectivity index (χ2n) is 4.44. The van der Waals surface area contributed by atoms with Gasteiger partial charge < -0.3 is 5.73 Å². The van der Waals surface area contributed by atoms with Crippen molar-refractivity contribution in [1.29, 1.82) is 0 Å². The molecule has 0 aromatic carbocycles. The number of fused-ring (bicyclic) bond motifs is 2. The van der Waals surface area contributed by atoms with Crippen molar-refractivity contribution in [3.8, 4) is 12.3 Å². The molecule has 2 aliphatic carbocycles. The van der Waals surface area contributed by atoms with Crippen molar-refractivity contribution in [3.05, 3.63) is 0 Å². The van der Waals surface area contributed by atoms with E-state index in [0.717, 1.165) is 24.2 Å². The number of terminal acetylenes is 1. The minimum Gasteiger partial charge on any atom is -0.318 e. The molecule has 2 rings (SSSR count). The molecule has 0 saturated heterocycles. The Morgan fingerprint density at radius 3 is 2.75 bits per heavy atom. The molecule has 1 nitrogen and oxygen atoms in total. The summed E-state index contributed by atoms with van der Waals surface area (Å²) in [7, 11) is 0. The highest BCUT2D eigenvalue weighted by atomic mass is 14.6. The van der Waals surface area contributed by atoms with Crippen molar-refractivity contribution in [3.63, 3.8) is 0 Å². The quantitative estimate of drug-likeness (QED) is 0.617. The zero-order valence-electron chi connectivity index (χ0n) is 7.50. The Labute approximate surface area is 74.7 Å². The Kier molecular flexibility index (Phi) is 2.11.